The molecule has 6 heteroatoms. The van der Waals surface area contributed by atoms with Gasteiger partial charge in [-0.1, -0.05) is 36.4 Å². The van der Waals surface area contributed by atoms with Crippen LogP contribution >= 0.6 is 0 Å². The van der Waals surface area contributed by atoms with E-state index in [1.807, 2.05) is 42.5 Å². The van der Waals surface area contributed by atoms with Crippen molar-refractivity contribution in [2.75, 3.05) is 14.2 Å². The molecule has 3 aromatic carbocycles. The summed E-state index contributed by atoms with van der Waals surface area (Å²) in [7, 11) is 3.11. The summed E-state index contributed by atoms with van der Waals surface area (Å²) in [5.74, 6) is 1.83. The lowest BCUT2D eigenvalue weighted by atomic mass is 10.2. The molecule has 0 spiro atoms. The molecule has 0 unspecified atom stereocenters. The van der Waals surface area contributed by atoms with Crippen molar-refractivity contribution in [2.24, 2.45) is 5.10 Å². The largest absolute Gasteiger partial charge is 0.493 e. The molecule has 0 atom stereocenters. The molecular formula is C22H20N2O4. The molecular weight excluding hydrogens is 356 g/mol. The molecule has 0 aromatic heterocycles. The van der Waals surface area contributed by atoms with E-state index in [0.717, 1.165) is 0 Å². The quantitative estimate of drug-likeness (QED) is 0.494. The van der Waals surface area contributed by atoms with Crippen LogP contribution in [0.4, 0.5) is 0 Å². The Bertz CT molecular complexity index is 971. The zero-order valence-corrected chi connectivity index (χ0v) is 15.6. The number of carbonyl (C=O) groups excluding carboxylic acids is 1. The van der Waals surface area contributed by atoms with Crippen LogP contribution < -0.4 is 19.6 Å². The van der Waals surface area contributed by atoms with Gasteiger partial charge in [-0.25, -0.2) is 5.43 Å². The van der Waals surface area contributed by atoms with Crippen LogP contribution in [0.1, 0.15) is 15.9 Å². The number of para-hydroxylation sites is 3. The average molecular weight is 376 g/mol. The number of hydrazone groups is 1. The van der Waals surface area contributed by atoms with Gasteiger partial charge in [0, 0.05) is 5.56 Å². The first kappa shape index (κ1) is 19.0. The fourth-order valence-corrected chi connectivity index (χ4v) is 2.59. The Morgan fingerprint density at radius 1 is 0.857 bits per heavy atom. The molecule has 0 heterocycles. The maximum Gasteiger partial charge on any atom is 0.275 e. The number of ether oxygens (including phenoxy) is 3. The Morgan fingerprint density at radius 2 is 1.57 bits per heavy atom. The molecule has 142 valence electrons. The lowest BCUT2D eigenvalue weighted by Gasteiger charge is -2.10. The molecule has 0 radical (unpaired) electrons. The van der Waals surface area contributed by atoms with E-state index in [1.54, 1.807) is 44.6 Å². The average Bonchev–Trinajstić information content (AvgIpc) is 2.74. The van der Waals surface area contributed by atoms with E-state index in [9.17, 15) is 4.79 Å². The van der Waals surface area contributed by atoms with E-state index in [1.165, 1.54) is 6.21 Å². The van der Waals surface area contributed by atoms with E-state index in [2.05, 4.69) is 10.5 Å². The standard InChI is InChI=1S/C22H20N2O4/c1-26-20-14-8-9-16(21(20)27-2)15-23-24-22(25)18-12-6-7-13-19(18)28-17-10-4-3-5-11-17/h3-15H,1-2H3,(H,24,25)/b23-15+. The van der Waals surface area contributed by atoms with Crippen molar-refractivity contribution in [3.8, 4) is 23.0 Å². The van der Waals surface area contributed by atoms with Gasteiger partial charge in [-0.2, -0.15) is 5.10 Å². The summed E-state index contributed by atoms with van der Waals surface area (Å²) >= 11 is 0. The molecule has 3 aromatic rings. The number of nitrogens with zero attached hydrogens (tertiary/aromatic N) is 1. The second kappa shape index (κ2) is 9.23. The third-order valence-electron chi connectivity index (χ3n) is 3.91. The van der Waals surface area contributed by atoms with E-state index >= 15 is 0 Å². The predicted octanol–water partition coefficient (Wildman–Crippen LogP) is 4.26. The van der Waals surface area contributed by atoms with Gasteiger partial charge < -0.3 is 14.2 Å². The molecule has 1 amide bonds. The van der Waals surface area contributed by atoms with Crippen molar-refractivity contribution in [3.63, 3.8) is 0 Å². The highest BCUT2D eigenvalue weighted by Gasteiger charge is 2.12. The number of nitrogens with one attached hydrogen (secondary N) is 1. The Kier molecular flexibility index (Phi) is 6.25. The van der Waals surface area contributed by atoms with Crippen LogP contribution in [0.2, 0.25) is 0 Å². The molecule has 6 nitrogen and oxygen atoms in total. The summed E-state index contributed by atoms with van der Waals surface area (Å²) in [4.78, 5) is 12.6. The van der Waals surface area contributed by atoms with Crippen molar-refractivity contribution >= 4 is 12.1 Å². The number of carbonyl (C=O) groups is 1. The third-order valence-corrected chi connectivity index (χ3v) is 3.91. The highest BCUT2D eigenvalue weighted by Crippen LogP contribution is 2.29. The topological polar surface area (TPSA) is 69.2 Å². The van der Waals surface area contributed by atoms with Crippen LogP contribution in [0.25, 0.3) is 0 Å². The van der Waals surface area contributed by atoms with Gasteiger partial charge in [0.05, 0.1) is 26.0 Å². The molecule has 0 saturated carbocycles. The number of hydrogen-bond donors (Lipinski definition) is 1. The Morgan fingerprint density at radius 3 is 2.32 bits per heavy atom. The Balaban J connectivity index is 1.75. The minimum absolute atomic E-state index is 0.376. The Labute approximate surface area is 163 Å². The second-order valence-corrected chi connectivity index (χ2v) is 5.69. The van der Waals surface area contributed by atoms with Crippen LogP contribution in [-0.2, 0) is 0 Å². The van der Waals surface area contributed by atoms with E-state index in [-0.39, 0.29) is 5.91 Å². The lowest BCUT2D eigenvalue weighted by molar-refractivity contribution is 0.0953. The van der Waals surface area contributed by atoms with Crippen LogP contribution in [0.3, 0.4) is 0 Å². The molecule has 0 aliphatic heterocycles. The number of rotatable bonds is 7. The molecule has 0 aliphatic rings. The highest BCUT2D eigenvalue weighted by molar-refractivity contribution is 5.97. The maximum atomic E-state index is 12.6. The van der Waals surface area contributed by atoms with Crippen LogP contribution in [0.15, 0.2) is 77.9 Å². The molecule has 0 bridgehead atoms. The van der Waals surface area contributed by atoms with Gasteiger partial charge >= 0.3 is 0 Å². The number of hydrogen-bond acceptors (Lipinski definition) is 5. The van der Waals surface area contributed by atoms with Crippen molar-refractivity contribution in [2.45, 2.75) is 0 Å². The molecule has 1 N–H and O–H groups in total. The van der Waals surface area contributed by atoms with Crippen LogP contribution in [0, 0.1) is 0 Å². The van der Waals surface area contributed by atoms with Gasteiger partial charge in [-0.3, -0.25) is 4.79 Å². The van der Waals surface area contributed by atoms with Gasteiger partial charge in [0.2, 0.25) is 0 Å². The van der Waals surface area contributed by atoms with Crippen molar-refractivity contribution in [3.05, 3.63) is 83.9 Å². The monoisotopic (exact) mass is 376 g/mol. The second-order valence-electron chi connectivity index (χ2n) is 5.69. The van der Waals surface area contributed by atoms with Gasteiger partial charge in [-0.15, -0.1) is 0 Å². The Hall–Kier alpha value is -3.80. The summed E-state index contributed by atoms with van der Waals surface area (Å²) in [5, 5.41) is 4.03. The number of amides is 1. The minimum atomic E-state index is -0.385. The molecule has 3 rings (SSSR count). The molecule has 0 fully saturated rings. The summed E-state index contributed by atoms with van der Waals surface area (Å²) in [6, 6.07) is 21.7. The first-order valence-corrected chi connectivity index (χ1v) is 8.59. The zero-order chi connectivity index (χ0) is 19.8. The van der Waals surface area contributed by atoms with E-state index < -0.39 is 0 Å². The van der Waals surface area contributed by atoms with Gasteiger partial charge in [0.15, 0.2) is 11.5 Å². The van der Waals surface area contributed by atoms with Crippen molar-refractivity contribution < 1.29 is 19.0 Å². The van der Waals surface area contributed by atoms with Crippen LogP contribution in [-0.4, -0.2) is 26.3 Å². The summed E-state index contributed by atoms with van der Waals surface area (Å²) in [6.07, 6.45) is 1.50. The maximum absolute atomic E-state index is 12.6. The molecule has 28 heavy (non-hydrogen) atoms. The zero-order valence-electron chi connectivity index (χ0n) is 15.6. The molecule has 0 aliphatic carbocycles. The third kappa shape index (κ3) is 4.48. The van der Waals surface area contributed by atoms with Crippen LogP contribution in [0.5, 0.6) is 23.0 Å². The van der Waals surface area contributed by atoms with Gasteiger partial charge in [-0.05, 0) is 36.4 Å². The summed E-state index contributed by atoms with van der Waals surface area (Å²) < 4.78 is 16.4. The first-order valence-electron chi connectivity index (χ1n) is 8.59. The van der Waals surface area contributed by atoms with Crippen molar-refractivity contribution in [1.82, 2.24) is 5.43 Å². The number of methoxy groups -OCH3 is 2. The smallest absolute Gasteiger partial charge is 0.275 e. The summed E-state index contributed by atoms with van der Waals surface area (Å²) in [6.45, 7) is 0. The molecule has 0 saturated heterocycles. The van der Waals surface area contributed by atoms with Gasteiger partial charge in [0.25, 0.3) is 5.91 Å². The summed E-state index contributed by atoms with van der Waals surface area (Å²) in [5.41, 5.74) is 3.57. The van der Waals surface area contributed by atoms with E-state index in [4.69, 9.17) is 14.2 Å². The highest BCUT2D eigenvalue weighted by atomic mass is 16.5. The van der Waals surface area contributed by atoms with E-state index in [0.29, 0.717) is 34.1 Å². The fourth-order valence-electron chi connectivity index (χ4n) is 2.59. The number of benzene rings is 3. The van der Waals surface area contributed by atoms with Crippen molar-refractivity contribution in [1.29, 1.82) is 0 Å². The SMILES string of the molecule is COc1cccc(/C=N/NC(=O)c2ccccc2Oc2ccccc2)c1OC. The van der Waals surface area contributed by atoms with Gasteiger partial charge in [0.1, 0.15) is 11.5 Å². The predicted molar refractivity (Wildman–Crippen MR) is 108 cm³/mol. The fraction of sp³-hybridized carbons (Fsp3) is 0.0909. The minimum Gasteiger partial charge on any atom is -0.493 e. The lowest BCUT2D eigenvalue weighted by Crippen LogP contribution is -2.18. The normalized spacial score (nSPS) is 10.5. The first-order chi connectivity index (χ1) is 13.7.